The lowest BCUT2D eigenvalue weighted by Crippen LogP contribution is -2.50. The maximum atomic E-state index is 12.8. The summed E-state index contributed by atoms with van der Waals surface area (Å²) in [5.41, 5.74) is 2.10. The Kier molecular flexibility index (Phi) is 6.44. The molecule has 0 spiro atoms. The number of aromatic nitrogens is 1. The van der Waals surface area contributed by atoms with Gasteiger partial charge < -0.3 is 19.7 Å². The number of carbonyl (C=O) groups excluding carboxylic acids is 1. The molecule has 1 saturated heterocycles. The summed E-state index contributed by atoms with van der Waals surface area (Å²) in [6.07, 6.45) is 6.13. The number of piperazine rings is 1. The summed E-state index contributed by atoms with van der Waals surface area (Å²) in [5, 5.41) is 3.34. The average Bonchev–Trinajstić information content (AvgIpc) is 2.73. The number of ether oxygens (including phenoxy) is 2. The molecule has 3 rings (SSSR count). The third-order valence-electron chi connectivity index (χ3n) is 4.59. The Morgan fingerprint density at radius 3 is 3.04 bits per heavy atom. The predicted octanol–water partition coefficient (Wildman–Crippen LogP) is 2.37. The van der Waals surface area contributed by atoms with Crippen molar-refractivity contribution in [3.8, 4) is 11.5 Å². The molecule has 1 aromatic heterocycles. The molecular weight excluding hydrogens is 342 g/mol. The van der Waals surface area contributed by atoms with Crippen LogP contribution in [0.4, 0.5) is 0 Å². The first-order valence-corrected chi connectivity index (χ1v) is 9.03. The van der Waals surface area contributed by atoms with E-state index in [1.807, 2.05) is 41.3 Å². The zero-order valence-corrected chi connectivity index (χ0v) is 15.6. The number of carbonyl (C=O) groups is 1. The fraction of sp³-hybridized carbons (Fsp3) is 0.333. The van der Waals surface area contributed by atoms with Gasteiger partial charge in [0.15, 0.2) is 18.1 Å². The Morgan fingerprint density at radius 2 is 2.30 bits per heavy atom. The number of nitrogens with one attached hydrogen (secondary N) is 1. The van der Waals surface area contributed by atoms with Crippen LogP contribution in [0, 0.1) is 0 Å². The molecule has 0 aliphatic carbocycles. The number of hydrogen-bond donors (Lipinski definition) is 1. The summed E-state index contributed by atoms with van der Waals surface area (Å²) in [6.45, 7) is 5.82. The molecule has 1 fully saturated rings. The van der Waals surface area contributed by atoms with Crippen molar-refractivity contribution in [3.63, 3.8) is 0 Å². The average molecular weight is 367 g/mol. The van der Waals surface area contributed by atoms with E-state index in [-0.39, 0.29) is 18.6 Å². The van der Waals surface area contributed by atoms with Crippen molar-refractivity contribution in [3.05, 3.63) is 66.5 Å². The van der Waals surface area contributed by atoms with Crippen molar-refractivity contribution in [1.29, 1.82) is 0 Å². The van der Waals surface area contributed by atoms with Crippen LogP contribution in [-0.4, -0.2) is 49.1 Å². The summed E-state index contributed by atoms with van der Waals surface area (Å²) in [4.78, 5) is 18.8. The van der Waals surface area contributed by atoms with Crippen LogP contribution >= 0.6 is 0 Å². The lowest BCUT2D eigenvalue weighted by Gasteiger charge is -2.36. The molecule has 1 aromatic carbocycles. The Morgan fingerprint density at radius 1 is 1.41 bits per heavy atom. The summed E-state index contributed by atoms with van der Waals surface area (Å²) < 4.78 is 11.2. The van der Waals surface area contributed by atoms with Gasteiger partial charge in [0, 0.05) is 32.0 Å². The molecular formula is C21H25N3O3. The molecule has 1 atom stereocenters. The molecule has 1 aliphatic rings. The molecule has 27 heavy (non-hydrogen) atoms. The molecule has 1 amide bonds. The highest BCUT2D eigenvalue weighted by Gasteiger charge is 2.28. The highest BCUT2D eigenvalue weighted by Crippen LogP contribution is 2.29. The lowest BCUT2D eigenvalue weighted by molar-refractivity contribution is -0.136. The minimum Gasteiger partial charge on any atom is -0.493 e. The van der Waals surface area contributed by atoms with E-state index in [0.717, 1.165) is 24.1 Å². The quantitative estimate of drug-likeness (QED) is 0.761. The molecule has 6 nitrogen and oxygen atoms in total. The minimum atomic E-state index is -0.0532. The van der Waals surface area contributed by atoms with E-state index < -0.39 is 0 Å². The Hall–Kier alpha value is -2.86. The van der Waals surface area contributed by atoms with Crippen molar-refractivity contribution in [1.82, 2.24) is 15.2 Å². The maximum absolute atomic E-state index is 12.8. The van der Waals surface area contributed by atoms with Crippen molar-refractivity contribution < 1.29 is 14.3 Å². The number of nitrogens with zero attached hydrogens (tertiary/aromatic N) is 2. The van der Waals surface area contributed by atoms with Gasteiger partial charge in [0.05, 0.1) is 13.2 Å². The Balaban J connectivity index is 1.68. The number of allylic oxidation sites excluding steroid dienone is 1. The number of rotatable bonds is 7. The number of amides is 1. The molecule has 6 heteroatoms. The number of benzene rings is 1. The van der Waals surface area contributed by atoms with Crippen LogP contribution in [0.25, 0.3) is 0 Å². The topological polar surface area (TPSA) is 63.7 Å². The van der Waals surface area contributed by atoms with Gasteiger partial charge in [-0.2, -0.15) is 0 Å². The van der Waals surface area contributed by atoms with Gasteiger partial charge in [0.2, 0.25) is 0 Å². The lowest BCUT2D eigenvalue weighted by atomic mass is 10.1. The Bertz CT molecular complexity index is 779. The van der Waals surface area contributed by atoms with E-state index in [4.69, 9.17) is 9.47 Å². The van der Waals surface area contributed by atoms with Crippen LogP contribution in [-0.2, 0) is 11.2 Å². The van der Waals surface area contributed by atoms with Crippen molar-refractivity contribution in [2.24, 2.45) is 0 Å². The largest absolute Gasteiger partial charge is 0.493 e. The zero-order chi connectivity index (χ0) is 19.1. The van der Waals surface area contributed by atoms with E-state index in [0.29, 0.717) is 24.6 Å². The zero-order valence-electron chi connectivity index (χ0n) is 15.6. The molecule has 1 aliphatic heterocycles. The van der Waals surface area contributed by atoms with Gasteiger partial charge in [-0.05, 0) is 35.7 Å². The second kappa shape index (κ2) is 9.19. The molecule has 2 aromatic rings. The van der Waals surface area contributed by atoms with E-state index in [1.54, 1.807) is 19.5 Å². The molecule has 1 N–H and O–H groups in total. The minimum absolute atomic E-state index is 0.0338. The van der Waals surface area contributed by atoms with E-state index in [2.05, 4.69) is 16.9 Å². The SMILES string of the molecule is C=CCc1ccc(OCC(=O)N2CCNCC2c2cccnc2)c(OC)c1. The van der Waals surface area contributed by atoms with E-state index in [1.165, 1.54) is 0 Å². The first kappa shape index (κ1) is 18.9. The Labute approximate surface area is 159 Å². The normalized spacial score (nSPS) is 16.6. The third kappa shape index (κ3) is 4.65. The second-order valence-corrected chi connectivity index (χ2v) is 6.36. The van der Waals surface area contributed by atoms with Gasteiger partial charge in [-0.3, -0.25) is 9.78 Å². The van der Waals surface area contributed by atoms with Gasteiger partial charge in [0.25, 0.3) is 5.91 Å². The second-order valence-electron chi connectivity index (χ2n) is 6.36. The van der Waals surface area contributed by atoms with Gasteiger partial charge in [-0.15, -0.1) is 6.58 Å². The molecule has 0 saturated carbocycles. The van der Waals surface area contributed by atoms with Gasteiger partial charge >= 0.3 is 0 Å². The fourth-order valence-electron chi connectivity index (χ4n) is 3.22. The molecule has 1 unspecified atom stereocenters. The fourth-order valence-corrected chi connectivity index (χ4v) is 3.22. The van der Waals surface area contributed by atoms with Crippen LogP contribution in [0.2, 0.25) is 0 Å². The summed E-state index contributed by atoms with van der Waals surface area (Å²) in [6, 6.07) is 9.53. The van der Waals surface area contributed by atoms with Crippen LogP contribution in [0.3, 0.4) is 0 Å². The first-order chi connectivity index (χ1) is 13.2. The number of methoxy groups -OCH3 is 1. The summed E-state index contributed by atoms with van der Waals surface area (Å²) >= 11 is 0. The molecule has 142 valence electrons. The van der Waals surface area contributed by atoms with Crippen LogP contribution in [0.15, 0.2) is 55.4 Å². The van der Waals surface area contributed by atoms with Gasteiger partial charge in [0.1, 0.15) is 0 Å². The molecule has 0 bridgehead atoms. The van der Waals surface area contributed by atoms with Crippen LogP contribution < -0.4 is 14.8 Å². The predicted molar refractivity (Wildman–Crippen MR) is 104 cm³/mol. The summed E-state index contributed by atoms with van der Waals surface area (Å²) in [5.74, 6) is 1.13. The van der Waals surface area contributed by atoms with Gasteiger partial charge in [-0.25, -0.2) is 0 Å². The van der Waals surface area contributed by atoms with Crippen molar-refractivity contribution in [2.75, 3.05) is 33.4 Å². The monoisotopic (exact) mass is 367 g/mol. The van der Waals surface area contributed by atoms with Gasteiger partial charge in [-0.1, -0.05) is 18.2 Å². The smallest absolute Gasteiger partial charge is 0.261 e. The first-order valence-electron chi connectivity index (χ1n) is 9.03. The van der Waals surface area contributed by atoms with E-state index in [9.17, 15) is 4.79 Å². The summed E-state index contributed by atoms with van der Waals surface area (Å²) in [7, 11) is 1.59. The molecule has 0 radical (unpaired) electrons. The highest BCUT2D eigenvalue weighted by molar-refractivity contribution is 5.78. The van der Waals surface area contributed by atoms with Crippen LogP contribution in [0.5, 0.6) is 11.5 Å². The maximum Gasteiger partial charge on any atom is 0.261 e. The van der Waals surface area contributed by atoms with Crippen molar-refractivity contribution in [2.45, 2.75) is 12.5 Å². The highest BCUT2D eigenvalue weighted by atomic mass is 16.5. The standard InChI is InChI=1S/C21H25N3O3/c1-3-5-16-7-8-19(20(12-16)26-2)27-15-21(25)24-11-10-23-14-18(24)17-6-4-9-22-13-17/h3-4,6-9,12-13,18,23H,1,5,10-11,14-15H2,2H3. The van der Waals surface area contributed by atoms with Crippen molar-refractivity contribution >= 4 is 5.91 Å². The van der Waals surface area contributed by atoms with E-state index >= 15 is 0 Å². The number of pyridine rings is 1. The number of hydrogen-bond acceptors (Lipinski definition) is 5. The molecule has 2 heterocycles. The van der Waals surface area contributed by atoms with Crippen LogP contribution in [0.1, 0.15) is 17.2 Å². The third-order valence-corrected chi connectivity index (χ3v) is 4.59.